The Hall–Kier alpha value is -3.59. The Morgan fingerprint density at radius 2 is 1.71 bits per heavy atom. The molecule has 0 heterocycles. The van der Waals surface area contributed by atoms with Crippen LogP contribution in [0.3, 0.4) is 0 Å². The zero-order valence-electron chi connectivity index (χ0n) is 16.7. The Kier molecular flexibility index (Phi) is 7.09. The van der Waals surface area contributed by atoms with E-state index >= 15 is 0 Å². The van der Waals surface area contributed by atoms with Crippen LogP contribution in [-0.2, 0) is 4.79 Å². The van der Waals surface area contributed by atoms with Gasteiger partial charge < -0.3 is 19.3 Å². The molecule has 9 heteroatoms. The molecule has 0 saturated heterocycles. The van der Waals surface area contributed by atoms with Crippen molar-refractivity contribution in [1.82, 2.24) is 5.43 Å². The number of carbonyl (C=O) groups excluding carboxylic acids is 1. The Balaban J connectivity index is 1.79. The average molecular weight is 487 g/mol. The van der Waals surface area contributed by atoms with Crippen LogP contribution in [0, 0.1) is 0 Å². The van der Waals surface area contributed by atoms with Gasteiger partial charge in [-0.15, -0.1) is 0 Å². The summed E-state index contributed by atoms with van der Waals surface area (Å²) in [5.41, 5.74) is 3.43. The van der Waals surface area contributed by atoms with Crippen molar-refractivity contribution in [3.05, 3.63) is 64.1 Å². The Bertz CT molecular complexity index is 1160. The molecule has 0 unspecified atom stereocenters. The lowest BCUT2D eigenvalue weighted by atomic mass is 10.1. The van der Waals surface area contributed by atoms with Crippen molar-refractivity contribution < 1.29 is 28.9 Å². The first kappa shape index (κ1) is 22.1. The predicted octanol–water partition coefficient (Wildman–Crippen LogP) is 3.85. The summed E-state index contributed by atoms with van der Waals surface area (Å²) in [5, 5.41) is 14.6. The number of ether oxygens (including phenoxy) is 3. The minimum absolute atomic E-state index is 0.263. The van der Waals surface area contributed by atoms with E-state index in [-0.39, 0.29) is 5.75 Å². The molecule has 8 nitrogen and oxygen atoms in total. The smallest absolute Gasteiger partial charge is 0.341 e. The van der Waals surface area contributed by atoms with E-state index in [1.54, 1.807) is 24.3 Å². The van der Waals surface area contributed by atoms with Gasteiger partial charge in [0, 0.05) is 10.0 Å². The molecule has 3 aromatic rings. The number of aliphatic carboxylic acids is 1. The van der Waals surface area contributed by atoms with E-state index in [0.717, 1.165) is 10.8 Å². The van der Waals surface area contributed by atoms with E-state index < -0.39 is 18.5 Å². The highest BCUT2D eigenvalue weighted by Gasteiger charge is 2.14. The maximum atomic E-state index is 12.7. The number of nitrogens with one attached hydrogen (secondary N) is 1. The van der Waals surface area contributed by atoms with Gasteiger partial charge in [-0.1, -0.05) is 24.3 Å². The van der Waals surface area contributed by atoms with Gasteiger partial charge in [0.1, 0.15) is 5.75 Å². The molecule has 1 amide bonds. The van der Waals surface area contributed by atoms with E-state index in [2.05, 4.69) is 26.5 Å². The van der Waals surface area contributed by atoms with Gasteiger partial charge in [0.15, 0.2) is 18.1 Å². The third kappa shape index (κ3) is 5.32. The second-order valence-electron chi connectivity index (χ2n) is 6.31. The van der Waals surface area contributed by atoms with Crippen molar-refractivity contribution in [3.63, 3.8) is 0 Å². The SMILES string of the molecule is COc1cc(/C=N\NC(=O)c2cc3ccccc3cc2OC)c(Br)cc1OCC(=O)O. The van der Waals surface area contributed by atoms with E-state index in [9.17, 15) is 9.59 Å². The van der Waals surface area contributed by atoms with Crippen LogP contribution in [0.2, 0.25) is 0 Å². The van der Waals surface area contributed by atoms with Crippen LogP contribution in [0.1, 0.15) is 15.9 Å². The molecule has 0 atom stereocenters. The van der Waals surface area contributed by atoms with Crippen molar-refractivity contribution in [2.75, 3.05) is 20.8 Å². The van der Waals surface area contributed by atoms with E-state index in [0.29, 0.717) is 27.1 Å². The third-order valence-corrected chi connectivity index (χ3v) is 5.00. The van der Waals surface area contributed by atoms with Gasteiger partial charge in [0.25, 0.3) is 5.91 Å². The van der Waals surface area contributed by atoms with Gasteiger partial charge in [-0.3, -0.25) is 4.79 Å². The molecule has 0 aliphatic heterocycles. The molecular weight excluding hydrogens is 468 g/mol. The number of carbonyl (C=O) groups is 2. The van der Waals surface area contributed by atoms with Crippen LogP contribution >= 0.6 is 15.9 Å². The average Bonchev–Trinajstić information content (AvgIpc) is 2.77. The molecular formula is C22H19BrN2O6. The van der Waals surface area contributed by atoms with Crippen LogP contribution in [0.4, 0.5) is 0 Å². The molecule has 0 saturated carbocycles. The number of fused-ring (bicyclic) bond motifs is 1. The number of carboxylic acids is 1. The molecule has 31 heavy (non-hydrogen) atoms. The lowest BCUT2D eigenvalue weighted by molar-refractivity contribution is -0.139. The van der Waals surface area contributed by atoms with Gasteiger partial charge >= 0.3 is 5.97 Å². The van der Waals surface area contributed by atoms with Gasteiger partial charge in [-0.05, 0) is 51.0 Å². The molecule has 0 aromatic heterocycles. The largest absolute Gasteiger partial charge is 0.496 e. The number of halogens is 1. The summed E-state index contributed by atoms with van der Waals surface area (Å²) in [7, 11) is 2.94. The quantitative estimate of drug-likeness (QED) is 0.370. The van der Waals surface area contributed by atoms with Crippen LogP contribution in [0.25, 0.3) is 10.8 Å². The molecule has 0 fully saturated rings. The van der Waals surface area contributed by atoms with Crippen LogP contribution < -0.4 is 19.6 Å². The monoisotopic (exact) mass is 486 g/mol. The number of amides is 1. The summed E-state index contributed by atoms with van der Waals surface area (Å²) in [4.78, 5) is 23.4. The summed E-state index contributed by atoms with van der Waals surface area (Å²) >= 11 is 3.37. The fourth-order valence-corrected chi connectivity index (χ4v) is 3.27. The maximum absolute atomic E-state index is 12.7. The third-order valence-electron chi connectivity index (χ3n) is 4.32. The minimum Gasteiger partial charge on any atom is -0.496 e. The van der Waals surface area contributed by atoms with Crippen molar-refractivity contribution in [2.45, 2.75) is 0 Å². The summed E-state index contributed by atoms with van der Waals surface area (Å²) in [5.74, 6) is -0.500. The number of rotatable bonds is 8. The summed E-state index contributed by atoms with van der Waals surface area (Å²) in [6.45, 7) is -0.500. The molecule has 2 N–H and O–H groups in total. The number of nitrogens with zero attached hydrogens (tertiary/aromatic N) is 1. The molecule has 3 rings (SSSR count). The fourth-order valence-electron chi connectivity index (χ4n) is 2.85. The zero-order chi connectivity index (χ0) is 22.4. The lowest BCUT2D eigenvalue weighted by Crippen LogP contribution is -2.18. The highest BCUT2D eigenvalue weighted by atomic mass is 79.9. The highest BCUT2D eigenvalue weighted by molar-refractivity contribution is 9.10. The number of benzene rings is 3. The Morgan fingerprint density at radius 1 is 1.03 bits per heavy atom. The summed E-state index contributed by atoms with van der Waals surface area (Å²) in [6.07, 6.45) is 1.43. The number of methoxy groups -OCH3 is 2. The van der Waals surface area contributed by atoms with Gasteiger partial charge in [-0.2, -0.15) is 5.10 Å². The Labute approximate surface area is 186 Å². The molecule has 0 bridgehead atoms. The maximum Gasteiger partial charge on any atom is 0.341 e. The first-order valence-corrected chi connectivity index (χ1v) is 9.84. The minimum atomic E-state index is -1.10. The van der Waals surface area contributed by atoms with Crippen LogP contribution in [-0.4, -0.2) is 44.0 Å². The highest BCUT2D eigenvalue weighted by Crippen LogP contribution is 2.33. The number of hydrazone groups is 1. The molecule has 0 radical (unpaired) electrons. The van der Waals surface area contributed by atoms with Crippen molar-refractivity contribution in [1.29, 1.82) is 0 Å². The molecule has 0 aliphatic carbocycles. The van der Waals surface area contributed by atoms with Gasteiger partial charge in [0.05, 0.1) is 26.0 Å². The molecule has 0 aliphatic rings. The van der Waals surface area contributed by atoms with Crippen molar-refractivity contribution in [2.24, 2.45) is 5.10 Å². The van der Waals surface area contributed by atoms with Gasteiger partial charge in [0.2, 0.25) is 0 Å². The molecule has 160 valence electrons. The zero-order valence-corrected chi connectivity index (χ0v) is 18.3. The fraction of sp³-hybridized carbons (Fsp3) is 0.136. The van der Waals surface area contributed by atoms with E-state index in [4.69, 9.17) is 19.3 Å². The summed E-state index contributed by atoms with van der Waals surface area (Å²) in [6, 6.07) is 14.4. The summed E-state index contributed by atoms with van der Waals surface area (Å²) < 4.78 is 16.4. The number of hydrogen-bond acceptors (Lipinski definition) is 6. The second-order valence-corrected chi connectivity index (χ2v) is 7.16. The molecule has 3 aromatic carbocycles. The van der Waals surface area contributed by atoms with Crippen LogP contribution in [0.15, 0.2) is 58.1 Å². The normalized spacial score (nSPS) is 10.8. The van der Waals surface area contributed by atoms with Crippen molar-refractivity contribution >= 4 is 44.8 Å². The van der Waals surface area contributed by atoms with Crippen LogP contribution in [0.5, 0.6) is 17.2 Å². The van der Waals surface area contributed by atoms with E-state index in [1.165, 1.54) is 20.4 Å². The van der Waals surface area contributed by atoms with E-state index in [1.807, 2.05) is 24.3 Å². The first-order chi connectivity index (χ1) is 14.9. The lowest BCUT2D eigenvalue weighted by Gasteiger charge is -2.11. The molecule has 0 spiro atoms. The standard InChI is InChI=1S/C22H19BrN2O6/c1-29-18-8-14-6-4-3-5-13(14)7-16(18)22(28)25-24-11-15-9-19(30-2)20(10-17(15)23)31-12-21(26)27/h3-11H,12H2,1-2H3,(H,25,28)(H,26,27)/b24-11-. The van der Waals surface area contributed by atoms with Crippen molar-refractivity contribution in [3.8, 4) is 17.2 Å². The Morgan fingerprint density at radius 3 is 2.35 bits per heavy atom. The topological polar surface area (TPSA) is 106 Å². The first-order valence-electron chi connectivity index (χ1n) is 9.05. The number of carboxylic acid groups (broad SMARTS) is 1. The van der Waals surface area contributed by atoms with Gasteiger partial charge in [-0.25, -0.2) is 10.2 Å². The second kappa shape index (κ2) is 9.94. The predicted molar refractivity (Wildman–Crippen MR) is 119 cm³/mol. The number of hydrogen-bond donors (Lipinski definition) is 2.